The third-order valence-corrected chi connectivity index (χ3v) is 7.34. The Morgan fingerprint density at radius 2 is 1.94 bits per heavy atom. The molecule has 160 valence electrons. The first-order valence-electron chi connectivity index (χ1n) is 11.2. The van der Waals surface area contributed by atoms with Crippen molar-refractivity contribution in [1.82, 2.24) is 4.98 Å². The van der Waals surface area contributed by atoms with Crippen molar-refractivity contribution in [3.63, 3.8) is 0 Å². The van der Waals surface area contributed by atoms with Crippen molar-refractivity contribution in [2.45, 2.75) is 44.6 Å². The summed E-state index contributed by atoms with van der Waals surface area (Å²) >= 11 is 0. The maximum atomic E-state index is 11.2. The lowest BCUT2D eigenvalue weighted by atomic mass is 9.85. The topological polar surface area (TPSA) is 59.4 Å². The van der Waals surface area contributed by atoms with E-state index in [0.717, 1.165) is 35.1 Å². The van der Waals surface area contributed by atoms with Crippen LogP contribution in [0.5, 0.6) is 5.88 Å². The van der Waals surface area contributed by atoms with Crippen molar-refractivity contribution in [3.8, 4) is 5.88 Å². The number of carbonyl (C=O) groups is 1. The van der Waals surface area contributed by atoms with Gasteiger partial charge < -0.3 is 9.84 Å². The molecule has 0 aliphatic heterocycles. The van der Waals surface area contributed by atoms with Crippen LogP contribution in [0.3, 0.4) is 0 Å². The highest BCUT2D eigenvalue weighted by atomic mass is 16.5. The van der Waals surface area contributed by atoms with Crippen LogP contribution in [0.25, 0.3) is 5.57 Å². The number of carboxylic acids is 1. The molecule has 0 bridgehead atoms. The van der Waals surface area contributed by atoms with Crippen molar-refractivity contribution in [2.24, 2.45) is 5.92 Å². The molecule has 1 aromatic heterocycles. The van der Waals surface area contributed by atoms with Gasteiger partial charge in [0.05, 0.1) is 0 Å². The van der Waals surface area contributed by atoms with Crippen LogP contribution in [-0.4, -0.2) is 16.1 Å². The second-order valence-electron chi connectivity index (χ2n) is 9.83. The highest BCUT2D eigenvalue weighted by molar-refractivity contribution is 6.11. The lowest BCUT2D eigenvalue weighted by Crippen LogP contribution is -2.12. The quantitative estimate of drug-likeness (QED) is 0.589. The fourth-order valence-electron chi connectivity index (χ4n) is 5.73. The fourth-order valence-corrected chi connectivity index (χ4v) is 5.73. The molecule has 4 heteroatoms. The summed E-state index contributed by atoms with van der Waals surface area (Å²) in [5.41, 5.74) is 9.12. The van der Waals surface area contributed by atoms with Gasteiger partial charge in [0, 0.05) is 35.2 Å². The van der Waals surface area contributed by atoms with Gasteiger partial charge in [-0.05, 0) is 51.6 Å². The van der Waals surface area contributed by atoms with Gasteiger partial charge in [-0.3, -0.25) is 0 Å². The van der Waals surface area contributed by atoms with Gasteiger partial charge >= 0.3 is 5.97 Å². The summed E-state index contributed by atoms with van der Waals surface area (Å²) in [5.74, 6) is 0.282. The zero-order valence-corrected chi connectivity index (χ0v) is 18.3. The van der Waals surface area contributed by atoms with E-state index in [-0.39, 0.29) is 11.3 Å². The molecule has 2 atom stereocenters. The molecule has 1 heterocycles. The Labute approximate surface area is 187 Å². The number of rotatable bonds is 5. The number of aromatic nitrogens is 1. The lowest BCUT2D eigenvalue weighted by Gasteiger charge is -2.19. The van der Waals surface area contributed by atoms with E-state index in [4.69, 9.17) is 4.74 Å². The van der Waals surface area contributed by atoms with Crippen LogP contribution < -0.4 is 4.74 Å². The minimum Gasteiger partial charge on any atom is -0.478 e. The molecule has 3 aliphatic carbocycles. The summed E-state index contributed by atoms with van der Waals surface area (Å²) in [5, 5.41) is 9.24. The number of fused-ring (bicyclic) bond motifs is 4. The van der Waals surface area contributed by atoms with Crippen molar-refractivity contribution in [1.29, 1.82) is 0 Å². The average Bonchev–Trinajstić information content (AvgIpc) is 3.28. The Morgan fingerprint density at radius 1 is 1.12 bits per heavy atom. The Bertz CT molecular complexity index is 1290. The smallest absolute Gasteiger partial charge is 0.332 e. The number of aliphatic carboxylic acids is 1. The van der Waals surface area contributed by atoms with Crippen LogP contribution in [0.4, 0.5) is 0 Å². The Hall–Kier alpha value is -3.40. The minimum absolute atomic E-state index is 0.0783. The maximum Gasteiger partial charge on any atom is 0.332 e. The number of allylic oxidation sites excluding steroid dienone is 1. The van der Waals surface area contributed by atoms with Crippen LogP contribution in [0.1, 0.15) is 59.6 Å². The van der Waals surface area contributed by atoms with E-state index in [2.05, 4.69) is 67.4 Å². The molecule has 2 aromatic carbocycles. The number of hydrogen-bond donors (Lipinski definition) is 1. The molecular weight excluding hydrogens is 398 g/mol. The Morgan fingerprint density at radius 3 is 2.72 bits per heavy atom. The maximum absolute atomic E-state index is 11.2. The number of carboxylic acid groups (broad SMARTS) is 1. The first kappa shape index (κ1) is 19.3. The zero-order chi connectivity index (χ0) is 22.0. The van der Waals surface area contributed by atoms with E-state index in [1.165, 1.54) is 16.7 Å². The normalized spacial score (nSPS) is 21.7. The fraction of sp³-hybridized carbons (Fsp3) is 0.286. The van der Waals surface area contributed by atoms with E-state index in [9.17, 15) is 9.90 Å². The summed E-state index contributed by atoms with van der Waals surface area (Å²) < 4.78 is 6.05. The van der Waals surface area contributed by atoms with Crippen LogP contribution in [-0.2, 0) is 23.2 Å². The lowest BCUT2D eigenvalue weighted by molar-refractivity contribution is -0.132. The van der Waals surface area contributed by atoms with Crippen LogP contribution >= 0.6 is 0 Å². The minimum atomic E-state index is -0.801. The molecule has 6 rings (SSSR count). The summed E-state index contributed by atoms with van der Waals surface area (Å²) in [6.07, 6.45) is 3.63. The molecule has 3 aromatic rings. The molecule has 0 amide bonds. The molecule has 0 radical (unpaired) electrons. The highest BCUT2D eigenvalue weighted by Crippen LogP contribution is 2.55. The van der Waals surface area contributed by atoms with E-state index >= 15 is 0 Å². The molecule has 1 N–H and O–H groups in total. The Kier molecular flexibility index (Phi) is 4.10. The number of ether oxygens (including phenoxy) is 1. The SMILES string of the molecule is CC1(C)CC(c2ccccc2)c2cc(COc3cc4c(cn3)C3=C(C(=O)O)C3C4)ccc21. The van der Waals surface area contributed by atoms with Crippen molar-refractivity contribution >= 4 is 11.5 Å². The first-order chi connectivity index (χ1) is 15.4. The number of benzene rings is 2. The van der Waals surface area contributed by atoms with Crippen molar-refractivity contribution < 1.29 is 14.6 Å². The van der Waals surface area contributed by atoms with E-state index in [0.29, 0.717) is 24.0 Å². The van der Waals surface area contributed by atoms with Crippen LogP contribution in [0.2, 0.25) is 0 Å². The third kappa shape index (κ3) is 2.97. The standard InChI is InChI=1S/C28H25NO3/c1-28(2)13-21(17-6-4-3-5-7-17)19-10-16(8-9-23(19)28)15-32-24-12-18-11-20-25(22(18)14-29-24)26(20)27(30)31/h3-10,12,14,20-21H,11,13,15H2,1-2H3,(H,30,31). The van der Waals surface area contributed by atoms with Gasteiger partial charge in [0.1, 0.15) is 6.61 Å². The van der Waals surface area contributed by atoms with Crippen LogP contribution in [0, 0.1) is 5.92 Å². The monoisotopic (exact) mass is 423 g/mol. The van der Waals surface area contributed by atoms with Gasteiger partial charge in [-0.2, -0.15) is 0 Å². The predicted molar refractivity (Wildman–Crippen MR) is 123 cm³/mol. The summed E-state index contributed by atoms with van der Waals surface area (Å²) in [7, 11) is 0. The molecule has 32 heavy (non-hydrogen) atoms. The van der Waals surface area contributed by atoms with E-state index in [1.54, 1.807) is 6.20 Å². The van der Waals surface area contributed by atoms with Gasteiger partial charge in [0.15, 0.2) is 0 Å². The Balaban J connectivity index is 1.23. The van der Waals surface area contributed by atoms with E-state index < -0.39 is 5.97 Å². The highest BCUT2D eigenvalue weighted by Gasteiger charge is 2.47. The second kappa shape index (κ2) is 6.80. The summed E-state index contributed by atoms with van der Waals surface area (Å²) in [4.78, 5) is 15.7. The molecule has 0 spiro atoms. The van der Waals surface area contributed by atoms with Gasteiger partial charge in [0.25, 0.3) is 0 Å². The number of pyridine rings is 1. The van der Waals surface area contributed by atoms with Crippen molar-refractivity contribution in [3.05, 3.63) is 99.7 Å². The molecule has 2 unspecified atom stereocenters. The predicted octanol–water partition coefficient (Wildman–Crippen LogP) is 5.50. The molecule has 0 fully saturated rings. The molecule has 0 saturated heterocycles. The van der Waals surface area contributed by atoms with E-state index in [1.807, 2.05) is 6.07 Å². The van der Waals surface area contributed by atoms with Crippen molar-refractivity contribution in [2.75, 3.05) is 0 Å². The van der Waals surface area contributed by atoms with Gasteiger partial charge in [-0.25, -0.2) is 9.78 Å². The molecular formula is C28H25NO3. The van der Waals surface area contributed by atoms with Gasteiger partial charge in [0.2, 0.25) is 5.88 Å². The molecule has 3 aliphatic rings. The third-order valence-electron chi connectivity index (χ3n) is 7.34. The summed E-state index contributed by atoms with van der Waals surface area (Å²) in [6.45, 7) is 5.12. The first-order valence-corrected chi connectivity index (χ1v) is 11.2. The largest absolute Gasteiger partial charge is 0.478 e. The van der Waals surface area contributed by atoms with Gasteiger partial charge in [-0.1, -0.05) is 62.4 Å². The molecule has 0 saturated carbocycles. The second-order valence-corrected chi connectivity index (χ2v) is 9.83. The zero-order valence-electron chi connectivity index (χ0n) is 18.3. The number of hydrogen-bond acceptors (Lipinski definition) is 3. The van der Waals surface area contributed by atoms with Crippen LogP contribution in [0.15, 0.2) is 66.4 Å². The van der Waals surface area contributed by atoms with Gasteiger partial charge in [-0.15, -0.1) is 0 Å². The molecule has 4 nitrogen and oxygen atoms in total. The summed E-state index contributed by atoms with van der Waals surface area (Å²) in [6, 6.07) is 19.5. The average molecular weight is 424 g/mol. The number of nitrogens with zero attached hydrogens (tertiary/aromatic N) is 1.